The molecule has 0 aliphatic heterocycles. The summed E-state index contributed by atoms with van der Waals surface area (Å²) in [4.78, 5) is 13.3. The van der Waals surface area contributed by atoms with Gasteiger partial charge in [-0.25, -0.2) is 0 Å². The molecule has 276 valence electrons. The summed E-state index contributed by atoms with van der Waals surface area (Å²) in [5.41, 5.74) is 2.10. The van der Waals surface area contributed by atoms with Gasteiger partial charge in [-0.05, 0) is 111 Å². The van der Waals surface area contributed by atoms with Crippen molar-refractivity contribution in [1.82, 2.24) is 0 Å². The van der Waals surface area contributed by atoms with Crippen LogP contribution in [0.2, 0.25) is 0 Å². The first-order valence-corrected chi connectivity index (χ1v) is 16.8. The molecule has 0 atom stereocenters. The molecule has 7 N–H and O–H groups in total. The second kappa shape index (κ2) is 17.1. The van der Waals surface area contributed by atoms with Gasteiger partial charge in [0.15, 0.2) is 0 Å². The summed E-state index contributed by atoms with van der Waals surface area (Å²) in [6, 6.07) is 19.4. The highest BCUT2D eigenvalue weighted by Gasteiger charge is 2.41. The second-order valence-corrected chi connectivity index (χ2v) is 14.5. The molecule has 0 spiro atoms. The Kier molecular flexibility index (Phi) is 13.7. The number of phenols is 4. The van der Waals surface area contributed by atoms with Gasteiger partial charge in [0.2, 0.25) is 0 Å². The smallest absolute Gasteiger partial charge is 0.318 e. The number of carboxylic acids is 1. The number of aliphatic carboxylic acids is 1. The van der Waals surface area contributed by atoms with E-state index >= 15 is 0 Å². The quantitative estimate of drug-likeness (QED) is 0.0774. The van der Waals surface area contributed by atoms with E-state index in [-0.39, 0.29) is 47.0 Å². The molecule has 0 fully saturated rings. The van der Waals surface area contributed by atoms with Gasteiger partial charge in [0.05, 0.1) is 39.6 Å². The maximum atomic E-state index is 13.3. The number of aromatic hydroxyl groups is 4. The lowest BCUT2D eigenvalue weighted by atomic mass is 9.70. The van der Waals surface area contributed by atoms with E-state index in [1.807, 2.05) is 53.7 Å². The highest BCUT2D eigenvalue weighted by Crippen LogP contribution is 2.46. The van der Waals surface area contributed by atoms with Gasteiger partial charge in [0.25, 0.3) is 0 Å². The Bertz CT molecular complexity index is 1660. The number of benzene rings is 4. The molecule has 4 aromatic carbocycles. The van der Waals surface area contributed by atoms with E-state index < -0.39 is 11.4 Å². The Balaban J connectivity index is 0.000000612. The lowest BCUT2D eigenvalue weighted by Gasteiger charge is -2.31. The first kappa shape index (κ1) is 40.8. The van der Waals surface area contributed by atoms with Gasteiger partial charge < -0.3 is 45.2 Å². The predicted octanol–water partition coefficient (Wildman–Crippen LogP) is 6.83. The summed E-state index contributed by atoms with van der Waals surface area (Å²) in [5, 5.41) is 69.5. The van der Waals surface area contributed by atoms with Gasteiger partial charge in [0.1, 0.15) is 28.4 Å². The van der Waals surface area contributed by atoms with E-state index in [2.05, 4.69) is 0 Å². The summed E-state index contributed by atoms with van der Waals surface area (Å²) in [6.07, 6.45) is 0. The molecule has 0 saturated heterocycles. The third-order valence-electron chi connectivity index (χ3n) is 8.59. The van der Waals surface area contributed by atoms with Gasteiger partial charge in [-0.2, -0.15) is 0 Å². The maximum absolute atomic E-state index is 13.3. The SMILES string of the molecule is CC(C)(C)c1cc(-c2cc(O)ccc2C(C)(C(=O)O)c2ccc(O)cc2-c2ccc(O)c(C(C)(C)C)c2)ccc1O.OCCOCCOCCO. The number of hydrogen-bond acceptors (Lipinski definition) is 9. The first-order chi connectivity index (χ1) is 23.9. The topological polar surface area (TPSA) is 177 Å². The van der Waals surface area contributed by atoms with Crippen LogP contribution in [0.15, 0.2) is 72.8 Å². The van der Waals surface area contributed by atoms with Crippen LogP contribution in [0, 0.1) is 0 Å². The number of aliphatic hydroxyl groups is 2. The van der Waals surface area contributed by atoms with Crippen LogP contribution in [0.4, 0.5) is 0 Å². The van der Waals surface area contributed by atoms with E-state index in [4.69, 9.17) is 19.7 Å². The van der Waals surface area contributed by atoms with Crippen LogP contribution in [0.25, 0.3) is 22.3 Å². The molecule has 0 radical (unpaired) electrons. The van der Waals surface area contributed by atoms with Crippen molar-refractivity contribution in [2.75, 3.05) is 39.6 Å². The molecule has 0 bridgehead atoms. The second-order valence-electron chi connectivity index (χ2n) is 14.5. The number of phenolic OH excluding ortho intramolecular Hbond substituents is 4. The molecule has 0 unspecified atom stereocenters. The van der Waals surface area contributed by atoms with Crippen LogP contribution in [0.3, 0.4) is 0 Å². The third-order valence-corrected chi connectivity index (χ3v) is 8.59. The van der Waals surface area contributed by atoms with E-state index in [0.29, 0.717) is 70.9 Å². The van der Waals surface area contributed by atoms with E-state index in [1.165, 1.54) is 24.3 Å². The Labute approximate surface area is 300 Å². The van der Waals surface area contributed by atoms with Crippen molar-refractivity contribution >= 4 is 5.97 Å². The van der Waals surface area contributed by atoms with Crippen LogP contribution < -0.4 is 0 Å². The highest BCUT2D eigenvalue weighted by molar-refractivity contribution is 5.93. The fourth-order valence-electron chi connectivity index (χ4n) is 5.85. The Hall–Kier alpha value is -4.61. The third kappa shape index (κ3) is 10.0. The maximum Gasteiger partial charge on any atom is 0.318 e. The zero-order valence-electron chi connectivity index (χ0n) is 30.5. The van der Waals surface area contributed by atoms with E-state index in [1.54, 1.807) is 43.3 Å². The molecule has 10 heteroatoms. The largest absolute Gasteiger partial charge is 0.508 e. The normalized spacial score (nSPS) is 11.9. The minimum atomic E-state index is -1.63. The molecule has 0 amide bonds. The van der Waals surface area contributed by atoms with Crippen molar-refractivity contribution in [3.05, 3.63) is 95.1 Å². The average molecular weight is 705 g/mol. The van der Waals surface area contributed by atoms with Crippen molar-refractivity contribution in [3.8, 4) is 45.3 Å². The van der Waals surface area contributed by atoms with E-state index in [0.717, 1.165) is 0 Å². The van der Waals surface area contributed by atoms with E-state index in [9.17, 15) is 30.3 Å². The minimum absolute atomic E-state index is 0.0267. The van der Waals surface area contributed by atoms with Crippen molar-refractivity contribution in [1.29, 1.82) is 0 Å². The van der Waals surface area contributed by atoms with Crippen molar-refractivity contribution in [2.24, 2.45) is 0 Å². The molecule has 0 aliphatic carbocycles. The Morgan fingerprint density at radius 3 is 1.22 bits per heavy atom. The molecular formula is C41H52O10. The van der Waals surface area contributed by atoms with Crippen LogP contribution >= 0.6 is 0 Å². The summed E-state index contributed by atoms with van der Waals surface area (Å²) in [6.45, 7) is 15.2. The summed E-state index contributed by atoms with van der Waals surface area (Å²) in [5.74, 6) is -0.915. The number of carbonyl (C=O) groups is 1. The zero-order chi connectivity index (χ0) is 38.1. The molecule has 0 aromatic heterocycles. The molecule has 0 aliphatic rings. The lowest BCUT2D eigenvalue weighted by Crippen LogP contribution is -2.35. The van der Waals surface area contributed by atoms with Gasteiger partial charge in [0, 0.05) is 0 Å². The van der Waals surface area contributed by atoms with Crippen LogP contribution in [0.1, 0.15) is 70.7 Å². The zero-order valence-corrected chi connectivity index (χ0v) is 30.5. The van der Waals surface area contributed by atoms with Crippen molar-refractivity contribution < 1.29 is 50.0 Å². The molecular weight excluding hydrogens is 652 g/mol. The van der Waals surface area contributed by atoms with Gasteiger partial charge in [-0.15, -0.1) is 0 Å². The Morgan fingerprint density at radius 1 is 0.529 bits per heavy atom. The highest BCUT2D eigenvalue weighted by atomic mass is 16.5. The predicted molar refractivity (Wildman–Crippen MR) is 198 cm³/mol. The average Bonchev–Trinajstić information content (AvgIpc) is 3.05. The number of rotatable bonds is 12. The number of ether oxygens (including phenoxy) is 2. The summed E-state index contributed by atoms with van der Waals surface area (Å²) >= 11 is 0. The molecule has 0 heterocycles. The van der Waals surface area contributed by atoms with Gasteiger partial charge >= 0.3 is 5.97 Å². The molecule has 4 aromatic rings. The molecule has 10 nitrogen and oxygen atoms in total. The standard InChI is InChI=1S/C35H38O6.C6H14O4/c1-33(2,3)28-16-20(8-14-30(28)38)24-18-22(36)10-12-26(24)35(7,32(40)41)27-13-11-23(37)19-25(27)21-9-15-31(39)29(17-21)34(4,5)6;7-1-3-9-5-6-10-4-2-8/h8-19,36-39H,1-7H3,(H,40,41);7-8H,1-6H2. The number of carboxylic acid groups (broad SMARTS) is 1. The first-order valence-electron chi connectivity index (χ1n) is 16.8. The number of hydrogen-bond donors (Lipinski definition) is 7. The van der Waals surface area contributed by atoms with Gasteiger partial charge in [-0.3, -0.25) is 4.79 Å². The fourth-order valence-corrected chi connectivity index (χ4v) is 5.85. The summed E-state index contributed by atoms with van der Waals surface area (Å²) < 4.78 is 9.75. The minimum Gasteiger partial charge on any atom is -0.508 e. The Morgan fingerprint density at radius 2 is 0.902 bits per heavy atom. The van der Waals surface area contributed by atoms with Crippen LogP contribution in [-0.2, 0) is 30.5 Å². The van der Waals surface area contributed by atoms with Crippen molar-refractivity contribution in [3.63, 3.8) is 0 Å². The monoisotopic (exact) mass is 704 g/mol. The lowest BCUT2D eigenvalue weighted by molar-refractivity contribution is -0.141. The van der Waals surface area contributed by atoms with Crippen LogP contribution in [0.5, 0.6) is 23.0 Å². The summed E-state index contributed by atoms with van der Waals surface area (Å²) in [7, 11) is 0. The van der Waals surface area contributed by atoms with Crippen molar-refractivity contribution in [2.45, 2.75) is 64.7 Å². The molecule has 0 saturated carbocycles. The van der Waals surface area contributed by atoms with Crippen LogP contribution in [-0.4, -0.2) is 81.4 Å². The molecule has 4 rings (SSSR count). The molecule has 51 heavy (non-hydrogen) atoms. The number of aliphatic hydroxyl groups excluding tert-OH is 2. The van der Waals surface area contributed by atoms with Gasteiger partial charge in [-0.1, -0.05) is 65.8 Å². The fraction of sp³-hybridized carbons (Fsp3) is 0.390.